The predicted molar refractivity (Wildman–Crippen MR) is 130 cm³/mol. The van der Waals surface area contributed by atoms with Gasteiger partial charge in [0.25, 0.3) is 0 Å². The molecule has 0 amide bonds. The van der Waals surface area contributed by atoms with E-state index >= 15 is 0 Å². The average molecular weight is 424 g/mol. The number of hydrogen-bond donors (Lipinski definition) is 1. The Morgan fingerprint density at radius 2 is 1.50 bits per heavy atom. The summed E-state index contributed by atoms with van der Waals surface area (Å²) in [4.78, 5) is 21.2. The van der Waals surface area contributed by atoms with Crippen molar-refractivity contribution in [1.82, 2.24) is 14.8 Å². The first-order valence-corrected chi connectivity index (χ1v) is 11.4. The number of Topliss-reactive ketones (excluding diaryl/α,β-unsaturated/α-hetero) is 1. The third-order valence-electron chi connectivity index (χ3n) is 6.51. The minimum absolute atomic E-state index is 0.193. The van der Waals surface area contributed by atoms with Crippen LogP contribution in [0.25, 0.3) is 10.9 Å². The van der Waals surface area contributed by atoms with Crippen molar-refractivity contribution in [3.05, 3.63) is 107 Å². The summed E-state index contributed by atoms with van der Waals surface area (Å²) >= 11 is 0. The molecule has 1 aliphatic heterocycles. The Balaban J connectivity index is 1.28. The van der Waals surface area contributed by atoms with Crippen LogP contribution in [-0.2, 0) is 0 Å². The van der Waals surface area contributed by atoms with Crippen LogP contribution in [0.4, 0.5) is 0 Å². The molecule has 3 aromatic carbocycles. The zero-order valence-corrected chi connectivity index (χ0v) is 18.5. The van der Waals surface area contributed by atoms with Gasteiger partial charge < -0.3 is 4.98 Å². The molecule has 0 aliphatic carbocycles. The van der Waals surface area contributed by atoms with Crippen LogP contribution in [0.1, 0.15) is 33.1 Å². The number of nitrogens with one attached hydrogen (secondary N) is 1. The molecule has 4 nitrogen and oxygen atoms in total. The predicted octanol–water partition coefficient (Wildman–Crippen LogP) is 5.07. The molecule has 4 aromatic rings. The van der Waals surface area contributed by atoms with Gasteiger partial charge in [0.2, 0.25) is 0 Å². The second kappa shape index (κ2) is 9.11. The number of H-pyrrole nitrogens is 1. The molecular weight excluding hydrogens is 394 g/mol. The number of benzene rings is 3. The lowest BCUT2D eigenvalue weighted by molar-refractivity contribution is 0.0809. The summed E-state index contributed by atoms with van der Waals surface area (Å²) in [6, 6.07) is 27.9. The summed E-state index contributed by atoms with van der Waals surface area (Å²) in [6.45, 7) is 6.20. The molecule has 0 radical (unpaired) electrons. The second-order valence-corrected chi connectivity index (χ2v) is 8.71. The number of nitrogens with zero attached hydrogens (tertiary/aromatic N) is 2. The highest BCUT2D eigenvalue weighted by atomic mass is 16.1. The topological polar surface area (TPSA) is 39.3 Å². The van der Waals surface area contributed by atoms with Crippen molar-refractivity contribution in [3.63, 3.8) is 0 Å². The number of aromatic nitrogens is 1. The molecule has 162 valence electrons. The summed E-state index contributed by atoms with van der Waals surface area (Å²) in [6.07, 6.45) is 1.86. The Bertz CT molecular complexity index is 1150. The average Bonchev–Trinajstić information content (AvgIpc) is 3.25. The number of carbonyl (C=O) groups is 1. The highest BCUT2D eigenvalue weighted by Crippen LogP contribution is 2.29. The number of fused-ring (bicyclic) bond motifs is 1. The second-order valence-electron chi connectivity index (χ2n) is 8.71. The zero-order valence-electron chi connectivity index (χ0n) is 18.5. The number of carbonyl (C=O) groups excluding carboxylic acids is 1. The van der Waals surface area contributed by atoms with Crippen molar-refractivity contribution in [2.45, 2.75) is 13.0 Å². The molecule has 1 aromatic heterocycles. The maximum atomic E-state index is 13.1. The van der Waals surface area contributed by atoms with E-state index in [4.69, 9.17) is 0 Å². The van der Waals surface area contributed by atoms with E-state index < -0.39 is 0 Å². The molecule has 0 unspecified atom stereocenters. The first-order valence-electron chi connectivity index (χ1n) is 11.4. The van der Waals surface area contributed by atoms with Crippen LogP contribution >= 0.6 is 0 Å². The fourth-order valence-corrected chi connectivity index (χ4v) is 4.82. The van der Waals surface area contributed by atoms with Gasteiger partial charge in [-0.05, 0) is 30.2 Å². The zero-order chi connectivity index (χ0) is 21.9. The van der Waals surface area contributed by atoms with Gasteiger partial charge in [-0.2, -0.15) is 0 Å². The largest absolute Gasteiger partial charge is 0.360 e. The van der Waals surface area contributed by atoms with Gasteiger partial charge >= 0.3 is 0 Å². The first-order chi connectivity index (χ1) is 15.7. The van der Waals surface area contributed by atoms with Crippen molar-refractivity contribution >= 4 is 16.7 Å². The number of ketones is 1. The number of aromatic amines is 1. The minimum Gasteiger partial charge on any atom is -0.360 e. The van der Waals surface area contributed by atoms with E-state index in [-0.39, 0.29) is 11.8 Å². The smallest absolute Gasteiger partial charge is 0.178 e. The molecule has 0 bridgehead atoms. The van der Waals surface area contributed by atoms with Crippen LogP contribution in [0.5, 0.6) is 0 Å². The van der Waals surface area contributed by atoms with Gasteiger partial charge in [0, 0.05) is 48.8 Å². The minimum atomic E-state index is 0.193. The lowest BCUT2D eigenvalue weighted by atomic mass is 9.96. The monoisotopic (exact) mass is 423 g/mol. The number of rotatable bonds is 6. The van der Waals surface area contributed by atoms with Crippen molar-refractivity contribution in [2.75, 3.05) is 32.7 Å². The van der Waals surface area contributed by atoms with E-state index in [2.05, 4.69) is 94.5 Å². The Hall–Kier alpha value is -3.21. The van der Waals surface area contributed by atoms with E-state index in [0.29, 0.717) is 6.54 Å². The van der Waals surface area contributed by atoms with Gasteiger partial charge in [0.1, 0.15) is 0 Å². The number of piperazine rings is 1. The first kappa shape index (κ1) is 20.7. The van der Waals surface area contributed by atoms with Crippen LogP contribution in [0.15, 0.2) is 85.1 Å². The van der Waals surface area contributed by atoms with Crippen LogP contribution < -0.4 is 0 Å². The Morgan fingerprint density at radius 3 is 2.12 bits per heavy atom. The molecule has 4 heteroatoms. The summed E-state index contributed by atoms with van der Waals surface area (Å²) in [5.74, 6) is 0.193. The van der Waals surface area contributed by atoms with E-state index in [9.17, 15) is 4.79 Å². The Kier molecular flexibility index (Phi) is 5.89. The number of hydrogen-bond acceptors (Lipinski definition) is 3. The van der Waals surface area contributed by atoms with Gasteiger partial charge in [0.05, 0.1) is 12.6 Å². The van der Waals surface area contributed by atoms with Crippen molar-refractivity contribution in [3.8, 4) is 0 Å². The Labute approximate surface area is 189 Å². The van der Waals surface area contributed by atoms with E-state index in [1.165, 1.54) is 16.7 Å². The maximum Gasteiger partial charge on any atom is 0.178 e. The summed E-state index contributed by atoms with van der Waals surface area (Å²) in [5.41, 5.74) is 5.64. The summed E-state index contributed by atoms with van der Waals surface area (Å²) in [5, 5.41) is 1.03. The molecule has 1 saturated heterocycles. The molecular formula is C28H29N3O. The normalized spacial score (nSPS) is 15.4. The van der Waals surface area contributed by atoms with Gasteiger partial charge in [-0.25, -0.2) is 0 Å². The standard InChI is InChI=1S/C28H29N3O/c1-21-12-13-26-24(18-21)25(19-29-26)27(32)20-30-14-16-31(17-15-30)28(22-8-4-2-5-9-22)23-10-6-3-7-11-23/h2-13,18-19,28-29H,14-17,20H2,1H3. The molecule has 0 atom stereocenters. The number of aryl methyl sites for hydroxylation is 1. The van der Waals surface area contributed by atoms with Crippen LogP contribution in [0.2, 0.25) is 0 Å². The molecule has 0 saturated carbocycles. The van der Waals surface area contributed by atoms with Crippen LogP contribution in [-0.4, -0.2) is 53.3 Å². The highest BCUT2D eigenvalue weighted by molar-refractivity contribution is 6.08. The van der Waals surface area contributed by atoms with E-state index in [0.717, 1.165) is 42.6 Å². The molecule has 32 heavy (non-hydrogen) atoms. The lowest BCUT2D eigenvalue weighted by Gasteiger charge is -2.39. The quantitative estimate of drug-likeness (QED) is 0.440. The molecule has 2 heterocycles. The lowest BCUT2D eigenvalue weighted by Crippen LogP contribution is -2.49. The van der Waals surface area contributed by atoms with Gasteiger partial charge in [0.15, 0.2) is 5.78 Å². The SMILES string of the molecule is Cc1ccc2[nH]cc(C(=O)CN3CCN(C(c4ccccc4)c4ccccc4)CC3)c2c1. The molecule has 0 spiro atoms. The fraction of sp³-hybridized carbons (Fsp3) is 0.250. The Morgan fingerprint density at radius 1 is 0.875 bits per heavy atom. The van der Waals surface area contributed by atoms with Crippen LogP contribution in [0, 0.1) is 6.92 Å². The summed E-state index contributed by atoms with van der Waals surface area (Å²) < 4.78 is 0. The van der Waals surface area contributed by atoms with Gasteiger partial charge in [-0.3, -0.25) is 14.6 Å². The molecule has 1 N–H and O–H groups in total. The van der Waals surface area contributed by atoms with Gasteiger partial charge in [-0.1, -0.05) is 72.3 Å². The maximum absolute atomic E-state index is 13.1. The molecule has 5 rings (SSSR count). The third-order valence-corrected chi connectivity index (χ3v) is 6.51. The highest BCUT2D eigenvalue weighted by Gasteiger charge is 2.27. The fourth-order valence-electron chi connectivity index (χ4n) is 4.82. The van der Waals surface area contributed by atoms with Crippen molar-refractivity contribution < 1.29 is 4.79 Å². The van der Waals surface area contributed by atoms with Crippen molar-refractivity contribution in [1.29, 1.82) is 0 Å². The van der Waals surface area contributed by atoms with E-state index in [1.807, 2.05) is 12.3 Å². The van der Waals surface area contributed by atoms with E-state index in [1.54, 1.807) is 0 Å². The van der Waals surface area contributed by atoms with Crippen molar-refractivity contribution in [2.24, 2.45) is 0 Å². The summed E-state index contributed by atoms with van der Waals surface area (Å²) in [7, 11) is 0. The van der Waals surface area contributed by atoms with Gasteiger partial charge in [-0.15, -0.1) is 0 Å². The third kappa shape index (κ3) is 4.24. The molecule has 1 aliphatic rings. The molecule has 1 fully saturated rings. The van der Waals surface area contributed by atoms with Crippen LogP contribution in [0.3, 0.4) is 0 Å².